The van der Waals surface area contributed by atoms with E-state index in [0.29, 0.717) is 19.4 Å². The van der Waals surface area contributed by atoms with Crippen LogP contribution in [-0.4, -0.2) is 25.5 Å². The lowest BCUT2D eigenvalue weighted by molar-refractivity contribution is -0.118. The average Bonchev–Trinajstić information content (AvgIpc) is 2.46. The zero-order valence-corrected chi connectivity index (χ0v) is 12.6. The van der Waals surface area contributed by atoms with E-state index in [1.165, 1.54) is 0 Å². The number of carbonyl (C=O) groups excluding carboxylic acids is 2. The maximum absolute atomic E-state index is 11.7. The number of primary amides is 1. The first kappa shape index (κ1) is 17.0. The summed E-state index contributed by atoms with van der Waals surface area (Å²) in [7, 11) is 1.91. The molecule has 0 saturated heterocycles. The van der Waals surface area contributed by atoms with E-state index in [2.05, 4.69) is 22.9 Å². The minimum absolute atomic E-state index is 0.247. The predicted molar refractivity (Wildman–Crippen MR) is 84.0 cm³/mol. The average molecular weight is 292 g/mol. The molecule has 6 heteroatoms. The molecule has 0 aromatic heterocycles. The molecule has 0 spiro atoms. The summed E-state index contributed by atoms with van der Waals surface area (Å²) in [6.45, 7) is 2.59. The quantitative estimate of drug-likeness (QED) is 0.549. The zero-order chi connectivity index (χ0) is 15.7. The van der Waals surface area contributed by atoms with Gasteiger partial charge >= 0.3 is 6.03 Å². The Kier molecular flexibility index (Phi) is 7.25. The van der Waals surface area contributed by atoms with Crippen molar-refractivity contribution in [2.24, 2.45) is 5.73 Å². The summed E-state index contributed by atoms with van der Waals surface area (Å²) < 4.78 is 0. The highest BCUT2D eigenvalue weighted by atomic mass is 16.2. The van der Waals surface area contributed by atoms with Gasteiger partial charge in [-0.15, -0.1) is 0 Å². The van der Waals surface area contributed by atoms with Crippen molar-refractivity contribution in [3.05, 3.63) is 29.8 Å². The van der Waals surface area contributed by atoms with E-state index in [9.17, 15) is 9.59 Å². The van der Waals surface area contributed by atoms with Crippen molar-refractivity contribution >= 4 is 17.6 Å². The van der Waals surface area contributed by atoms with Crippen molar-refractivity contribution in [1.29, 1.82) is 0 Å². The van der Waals surface area contributed by atoms with E-state index < -0.39 is 0 Å². The summed E-state index contributed by atoms with van der Waals surface area (Å²) in [5.41, 5.74) is 6.95. The monoisotopic (exact) mass is 292 g/mol. The lowest BCUT2D eigenvalue weighted by Gasteiger charge is -2.12. The molecule has 1 rings (SSSR count). The molecule has 21 heavy (non-hydrogen) atoms. The molecule has 0 aliphatic heterocycles. The fraction of sp³-hybridized carbons (Fsp3) is 0.467. The second-order valence-electron chi connectivity index (χ2n) is 4.94. The number of benzene rings is 1. The highest BCUT2D eigenvalue weighted by molar-refractivity contribution is 5.89. The van der Waals surface area contributed by atoms with E-state index in [0.717, 1.165) is 17.7 Å². The van der Waals surface area contributed by atoms with Gasteiger partial charge in [-0.2, -0.15) is 0 Å². The Labute approximate surface area is 125 Å². The second-order valence-corrected chi connectivity index (χ2v) is 4.94. The third-order valence-corrected chi connectivity index (χ3v) is 3.24. The lowest BCUT2D eigenvalue weighted by Crippen LogP contribution is -2.29. The summed E-state index contributed by atoms with van der Waals surface area (Å²) in [6, 6.07) is 7.72. The van der Waals surface area contributed by atoms with Crippen molar-refractivity contribution in [1.82, 2.24) is 10.6 Å². The van der Waals surface area contributed by atoms with Crippen LogP contribution in [0.1, 0.15) is 37.8 Å². The summed E-state index contributed by atoms with van der Waals surface area (Å²) in [5, 5.41) is 8.66. The van der Waals surface area contributed by atoms with Gasteiger partial charge in [-0.25, -0.2) is 4.79 Å². The topological polar surface area (TPSA) is 96.2 Å². The van der Waals surface area contributed by atoms with Gasteiger partial charge in [0.15, 0.2) is 0 Å². The number of nitrogens with one attached hydrogen (secondary N) is 3. The van der Waals surface area contributed by atoms with Crippen molar-refractivity contribution in [2.75, 3.05) is 18.9 Å². The Hall–Kier alpha value is -2.08. The highest BCUT2D eigenvalue weighted by Gasteiger charge is 2.04. The van der Waals surface area contributed by atoms with Crippen LogP contribution in [0, 0.1) is 0 Å². The molecule has 5 N–H and O–H groups in total. The van der Waals surface area contributed by atoms with Gasteiger partial charge in [-0.05, 0) is 44.5 Å². The first-order valence-corrected chi connectivity index (χ1v) is 7.13. The molecule has 3 amide bonds. The van der Waals surface area contributed by atoms with Crippen LogP contribution < -0.4 is 21.7 Å². The van der Waals surface area contributed by atoms with E-state index in [1.54, 1.807) is 0 Å². The van der Waals surface area contributed by atoms with Crippen molar-refractivity contribution < 1.29 is 9.59 Å². The summed E-state index contributed by atoms with van der Waals surface area (Å²) in [6.07, 6.45) is 1.77. The van der Waals surface area contributed by atoms with E-state index in [1.807, 2.05) is 31.3 Å². The molecule has 1 aromatic carbocycles. The second kappa shape index (κ2) is 8.97. The molecule has 6 nitrogen and oxygen atoms in total. The number of carbonyl (C=O) groups is 2. The number of amides is 3. The maximum Gasteiger partial charge on any atom is 0.319 e. The normalized spacial score (nSPS) is 11.7. The third kappa shape index (κ3) is 6.76. The molecule has 0 aliphatic rings. The molecule has 0 radical (unpaired) electrons. The Morgan fingerprint density at radius 1 is 1.19 bits per heavy atom. The Morgan fingerprint density at radius 2 is 1.86 bits per heavy atom. The number of hydrogen-bond donors (Lipinski definition) is 4. The number of rotatable bonds is 8. The fourth-order valence-corrected chi connectivity index (χ4v) is 1.82. The summed E-state index contributed by atoms with van der Waals surface area (Å²) >= 11 is 0. The molecular weight excluding hydrogens is 268 g/mol. The molecule has 1 atom stereocenters. The van der Waals surface area contributed by atoms with Crippen molar-refractivity contribution in [2.45, 2.75) is 32.2 Å². The van der Waals surface area contributed by atoms with Gasteiger partial charge in [-0.3, -0.25) is 4.79 Å². The smallest absolute Gasteiger partial charge is 0.319 e. The van der Waals surface area contributed by atoms with E-state index >= 15 is 0 Å². The Bertz CT molecular complexity index is 459. The summed E-state index contributed by atoms with van der Waals surface area (Å²) in [4.78, 5) is 22.2. The van der Waals surface area contributed by atoms with Crippen molar-refractivity contribution in [3.63, 3.8) is 0 Å². The predicted octanol–water partition coefficient (Wildman–Crippen LogP) is 1.74. The Morgan fingerprint density at radius 3 is 2.43 bits per heavy atom. The molecule has 0 bridgehead atoms. The van der Waals surface area contributed by atoms with Crippen LogP contribution in [0.4, 0.5) is 10.5 Å². The molecular formula is C15H24N4O2. The minimum Gasteiger partial charge on any atom is -0.370 e. The molecule has 1 unspecified atom stereocenters. The van der Waals surface area contributed by atoms with Crippen LogP contribution in [0.15, 0.2) is 24.3 Å². The largest absolute Gasteiger partial charge is 0.370 e. The number of urea groups is 1. The fourth-order valence-electron chi connectivity index (χ4n) is 1.82. The number of hydrogen-bond acceptors (Lipinski definition) is 3. The first-order valence-electron chi connectivity index (χ1n) is 7.13. The standard InChI is InChI=1S/C15H24N4O2/c1-11(17-2)12-6-8-13(9-7-12)19-15(21)18-10-4-3-5-14(16)20/h6-9,11,17H,3-5,10H2,1-2H3,(H2,16,20)(H2,18,19,21). The highest BCUT2D eigenvalue weighted by Crippen LogP contribution is 2.15. The van der Waals surface area contributed by atoms with Crippen LogP contribution >= 0.6 is 0 Å². The van der Waals surface area contributed by atoms with E-state index in [-0.39, 0.29) is 18.0 Å². The zero-order valence-electron chi connectivity index (χ0n) is 12.6. The van der Waals surface area contributed by atoms with Gasteiger partial charge in [-0.1, -0.05) is 12.1 Å². The minimum atomic E-state index is -0.310. The maximum atomic E-state index is 11.7. The molecule has 116 valence electrons. The van der Waals surface area contributed by atoms with Gasteiger partial charge in [0.05, 0.1) is 0 Å². The molecule has 0 aliphatic carbocycles. The molecule has 1 aromatic rings. The molecule has 0 saturated carbocycles. The van der Waals surface area contributed by atoms with Gasteiger partial charge in [0.2, 0.25) is 5.91 Å². The third-order valence-electron chi connectivity index (χ3n) is 3.24. The van der Waals surface area contributed by atoms with E-state index in [4.69, 9.17) is 5.73 Å². The van der Waals surface area contributed by atoms with Crippen LogP contribution in [0.3, 0.4) is 0 Å². The Balaban J connectivity index is 2.29. The molecule has 0 fully saturated rings. The van der Waals surface area contributed by atoms with Crippen LogP contribution in [0.5, 0.6) is 0 Å². The number of nitrogens with two attached hydrogens (primary N) is 1. The van der Waals surface area contributed by atoms with Crippen LogP contribution in [0.2, 0.25) is 0 Å². The number of anilines is 1. The van der Waals surface area contributed by atoms with Gasteiger partial charge < -0.3 is 21.7 Å². The lowest BCUT2D eigenvalue weighted by atomic mass is 10.1. The van der Waals surface area contributed by atoms with Crippen LogP contribution in [-0.2, 0) is 4.79 Å². The SMILES string of the molecule is CNC(C)c1ccc(NC(=O)NCCCCC(N)=O)cc1. The summed E-state index contributed by atoms with van der Waals surface area (Å²) in [5.74, 6) is -0.310. The first-order chi connectivity index (χ1) is 10.0. The van der Waals surface area contributed by atoms with Crippen molar-refractivity contribution in [3.8, 4) is 0 Å². The van der Waals surface area contributed by atoms with Gasteiger partial charge in [0.25, 0.3) is 0 Å². The van der Waals surface area contributed by atoms with Crippen LogP contribution in [0.25, 0.3) is 0 Å². The van der Waals surface area contributed by atoms with Gasteiger partial charge in [0, 0.05) is 24.7 Å². The van der Waals surface area contributed by atoms with Gasteiger partial charge in [0.1, 0.15) is 0 Å². The molecule has 0 heterocycles. The number of unbranched alkanes of at least 4 members (excludes halogenated alkanes) is 1.